The molecule has 1 aliphatic heterocycles. The third-order valence-corrected chi connectivity index (χ3v) is 3.06. The van der Waals surface area contributed by atoms with Crippen molar-refractivity contribution in [2.24, 2.45) is 4.99 Å². The van der Waals surface area contributed by atoms with Crippen LogP contribution in [-0.4, -0.2) is 22.3 Å². The second kappa shape index (κ2) is 4.38. The van der Waals surface area contributed by atoms with Crippen molar-refractivity contribution < 1.29 is 4.74 Å². The van der Waals surface area contributed by atoms with Gasteiger partial charge in [0.05, 0.1) is 5.71 Å². The number of hydrogen-bond donors (Lipinski definition) is 1. The van der Waals surface area contributed by atoms with E-state index in [0.717, 1.165) is 15.7 Å². The number of aromatic nitrogens is 2. The molecule has 0 spiro atoms. The molecule has 2 N–H and O–H groups in total. The first-order valence-corrected chi connectivity index (χ1v) is 6.10. The molecular weight excluding hydrogens is 296 g/mol. The van der Waals surface area contributed by atoms with Crippen LogP contribution in [-0.2, 0) is 0 Å². The highest BCUT2D eigenvalue weighted by atomic mass is 79.9. The van der Waals surface area contributed by atoms with Crippen LogP contribution in [0.3, 0.4) is 0 Å². The van der Waals surface area contributed by atoms with Gasteiger partial charge in [-0.1, -0.05) is 28.1 Å². The third kappa shape index (κ3) is 1.95. The number of nitrogens with two attached hydrogens (primary N) is 1. The number of nitrogen functional groups attached to an aromatic ring is 1. The number of benzene rings is 1. The second-order valence-electron chi connectivity index (χ2n) is 3.77. The van der Waals surface area contributed by atoms with E-state index in [1.807, 2.05) is 24.3 Å². The maximum atomic E-state index is 5.76. The van der Waals surface area contributed by atoms with Gasteiger partial charge in [-0.25, -0.2) is 9.98 Å². The Hall–Kier alpha value is -1.95. The number of anilines is 1. The molecule has 0 fully saturated rings. The number of halogens is 1. The summed E-state index contributed by atoms with van der Waals surface area (Å²) < 4.78 is 6.53. The second-order valence-corrected chi connectivity index (χ2v) is 4.69. The molecule has 0 aliphatic carbocycles. The highest BCUT2D eigenvalue weighted by Crippen LogP contribution is 2.33. The highest BCUT2D eigenvalue weighted by Gasteiger charge is 2.18. The molecule has 6 heteroatoms. The van der Waals surface area contributed by atoms with Crippen molar-refractivity contribution in [2.75, 3.05) is 12.3 Å². The Morgan fingerprint density at radius 1 is 1.28 bits per heavy atom. The Morgan fingerprint density at radius 2 is 2.17 bits per heavy atom. The molecular formula is C12H9BrN4O. The van der Waals surface area contributed by atoms with Crippen LogP contribution in [0.1, 0.15) is 5.56 Å². The lowest BCUT2D eigenvalue weighted by molar-refractivity contribution is 0.357. The largest absolute Gasteiger partial charge is 0.469 e. The van der Waals surface area contributed by atoms with Crippen LogP contribution in [0.25, 0.3) is 0 Å². The zero-order valence-electron chi connectivity index (χ0n) is 9.30. The fourth-order valence-corrected chi connectivity index (χ4v) is 2.11. The Bertz CT molecular complexity index is 642. The smallest absolute Gasteiger partial charge is 0.245 e. The van der Waals surface area contributed by atoms with E-state index >= 15 is 0 Å². The molecule has 1 aromatic carbocycles. The third-order valence-electron chi connectivity index (χ3n) is 2.57. The van der Waals surface area contributed by atoms with Crippen LogP contribution < -0.4 is 10.5 Å². The molecule has 0 radical (unpaired) electrons. The average molecular weight is 305 g/mol. The summed E-state index contributed by atoms with van der Waals surface area (Å²) in [5.41, 5.74) is 8.06. The van der Waals surface area contributed by atoms with Crippen molar-refractivity contribution in [2.45, 2.75) is 0 Å². The fraction of sp³-hybridized carbons (Fsp3) is 0.0833. The van der Waals surface area contributed by atoms with E-state index in [4.69, 9.17) is 10.5 Å². The SMILES string of the molecule is Nc1ncnc2c1N=C(c1cccc(Br)c1)CO2. The number of ether oxygens (including phenoxy) is 1. The molecule has 5 nitrogen and oxygen atoms in total. The summed E-state index contributed by atoms with van der Waals surface area (Å²) in [6.07, 6.45) is 1.37. The van der Waals surface area contributed by atoms with Crippen LogP contribution >= 0.6 is 15.9 Å². The lowest BCUT2D eigenvalue weighted by Crippen LogP contribution is -2.17. The maximum Gasteiger partial charge on any atom is 0.245 e. The van der Waals surface area contributed by atoms with Crippen molar-refractivity contribution in [1.29, 1.82) is 0 Å². The van der Waals surface area contributed by atoms with Crippen LogP contribution in [0, 0.1) is 0 Å². The van der Waals surface area contributed by atoms with Gasteiger partial charge in [0.15, 0.2) is 11.5 Å². The van der Waals surface area contributed by atoms with Crippen molar-refractivity contribution in [3.63, 3.8) is 0 Å². The quantitative estimate of drug-likeness (QED) is 0.877. The Balaban J connectivity index is 2.08. The van der Waals surface area contributed by atoms with E-state index in [1.165, 1.54) is 6.33 Å². The van der Waals surface area contributed by atoms with Crippen molar-refractivity contribution in [3.8, 4) is 5.88 Å². The van der Waals surface area contributed by atoms with Crippen LogP contribution in [0.2, 0.25) is 0 Å². The fourth-order valence-electron chi connectivity index (χ4n) is 1.71. The summed E-state index contributed by atoms with van der Waals surface area (Å²) in [5, 5.41) is 0. The monoisotopic (exact) mass is 304 g/mol. The molecule has 0 amide bonds. The first-order chi connectivity index (χ1) is 8.74. The first-order valence-electron chi connectivity index (χ1n) is 5.31. The molecule has 3 rings (SSSR count). The van der Waals surface area contributed by atoms with Gasteiger partial charge in [0.2, 0.25) is 5.88 Å². The minimum atomic E-state index is 0.326. The van der Waals surface area contributed by atoms with Crippen molar-refractivity contribution in [3.05, 3.63) is 40.6 Å². The van der Waals surface area contributed by atoms with E-state index in [9.17, 15) is 0 Å². The Labute approximate surface area is 112 Å². The standard InChI is InChI=1S/C12H9BrN4O/c13-8-3-1-2-7(4-8)9-5-18-12-10(17-9)11(14)15-6-16-12/h1-4,6H,5H2,(H2,14,15,16). The van der Waals surface area contributed by atoms with Crippen LogP contribution in [0.15, 0.2) is 40.1 Å². The van der Waals surface area contributed by atoms with Crippen molar-refractivity contribution >= 4 is 33.1 Å². The van der Waals surface area contributed by atoms with E-state index < -0.39 is 0 Å². The summed E-state index contributed by atoms with van der Waals surface area (Å²) >= 11 is 3.43. The minimum absolute atomic E-state index is 0.326. The van der Waals surface area contributed by atoms with Crippen LogP contribution in [0.4, 0.5) is 11.5 Å². The predicted octanol–water partition coefficient (Wildman–Crippen LogP) is 2.33. The van der Waals surface area contributed by atoms with Gasteiger partial charge >= 0.3 is 0 Å². The molecule has 1 aromatic heterocycles. The van der Waals surface area contributed by atoms with Crippen molar-refractivity contribution in [1.82, 2.24) is 9.97 Å². The van der Waals surface area contributed by atoms with E-state index in [2.05, 4.69) is 30.9 Å². The topological polar surface area (TPSA) is 73.4 Å². The summed E-state index contributed by atoms with van der Waals surface area (Å²) in [4.78, 5) is 12.4. The summed E-state index contributed by atoms with van der Waals surface area (Å²) in [7, 11) is 0. The van der Waals surface area contributed by atoms with Gasteiger partial charge in [-0.2, -0.15) is 4.98 Å². The number of hydrogen-bond acceptors (Lipinski definition) is 5. The highest BCUT2D eigenvalue weighted by molar-refractivity contribution is 9.10. The lowest BCUT2D eigenvalue weighted by Gasteiger charge is -2.16. The van der Waals surface area contributed by atoms with Gasteiger partial charge in [-0.3, -0.25) is 0 Å². The number of rotatable bonds is 1. The maximum absolute atomic E-state index is 5.76. The summed E-state index contributed by atoms with van der Waals surface area (Å²) in [6, 6.07) is 7.85. The Morgan fingerprint density at radius 3 is 3.00 bits per heavy atom. The first kappa shape index (κ1) is 11.2. The predicted molar refractivity (Wildman–Crippen MR) is 72.3 cm³/mol. The zero-order valence-corrected chi connectivity index (χ0v) is 10.9. The molecule has 0 saturated carbocycles. The molecule has 0 atom stereocenters. The van der Waals surface area contributed by atoms with Gasteiger partial charge in [0.1, 0.15) is 12.9 Å². The normalized spacial score (nSPS) is 13.5. The van der Waals surface area contributed by atoms with Gasteiger partial charge in [-0.15, -0.1) is 0 Å². The number of aliphatic imine (C=N–C) groups is 1. The molecule has 0 bridgehead atoms. The summed E-state index contributed by atoms with van der Waals surface area (Å²) in [5.74, 6) is 0.758. The van der Waals surface area contributed by atoms with E-state index in [-0.39, 0.29) is 0 Å². The lowest BCUT2D eigenvalue weighted by atomic mass is 10.1. The Kier molecular flexibility index (Phi) is 2.71. The molecule has 0 saturated heterocycles. The van der Waals surface area contributed by atoms with E-state index in [1.54, 1.807) is 0 Å². The van der Waals surface area contributed by atoms with Gasteiger partial charge in [0, 0.05) is 10.0 Å². The van der Waals surface area contributed by atoms with Gasteiger partial charge < -0.3 is 10.5 Å². The minimum Gasteiger partial charge on any atom is -0.469 e. The number of fused-ring (bicyclic) bond motifs is 1. The molecule has 2 aromatic rings. The number of nitrogens with zero attached hydrogens (tertiary/aromatic N) is 3. The van der Waals surface area contributed by atoms with Crippen LogP contribution in [0.5, 0.6) is 5.88 Å². The molecule has 1 aliphatic rings. The zero-order chi connectivity index (χ0) is 12.5. The van der Waals surface area contributed by atoms with E-state index in [0.29, 0.717) is 24.0 Å². The summed E-state index contributed by atoms with van der Waals surface area (Å²) in [6.45, 7) is 0.375. The molecule has 2 heterocycles. The molecule has 0 unspecified atom stereocenters. The average Bonchev–Trinajstić information content (AvgIpc) is 2.39. The molecule has 18 heavy (non-hydrogen) atoms. The van der Waals surface area contributed by atoms with Gasteiger partial charge in [0.25, 0.3) is 0 Å². The van der Waals surface area contributed by atoms with Gasteiger partial charge in [-0.05, 0) is 12.1 Å². The molecule has 90 valence electrons.